The second-order valence-electron chi connectivity index (χ2n) is 5.80. The fraction of sp³-hybridized carbons (Fsp3) is 0.647. The van der Waals surface area contributed by atoms with Gasteiger partial charge in [-0.3, -0.25) is 4.90 Å². The summed E-state index contributed by atoms with van der Waals surface area (Å²) in [6, 6.07) is 7.09. The molecule has 0 radical (unpaired) electrons. The van der Waals surface area contributed by atoms with Crippen molar-refractivity contribution in [2.24, 2.45) is 0 Å². The van der Waals surface area contributed by atoms with Gasteiger partial charge in [-0.1, -0.05) is 13.0 Å². The molecular formula is C17H28N2O. The maximum atomic E-state index is 5.93. The van der Waals surface area contributed by atoms with Gasteiger partial charge < -0.3 is 10.1 Å². The van der Waals surface area contributed by atoms with E-state index in [1.54, 1.807) is 0 Å². The number of hydrogen-bond donors (Lipinski definition) is 1. The molecule has 0 saturated carbocycles. The number of ether oxygens (including phenoxy) is 1. The minimum atomic E-state index is 0.677. The van der Waals surface area contributed by atoms with Crippen LogP contribution in [0.2, 0.25) is 0 Å². The van der Waals surface area contributed by atoms with Crippen molar-refractivity contribution in [3.05, 3.63) is 29.3 Å². The van der Waals surface area contributed by atoms with E-state index in [0.717, 1.165) is 32.0 Å². The molecule has 0 aromatic heterocycles. The highest BCUT2D eigenvalue weighted by Gasteiger charge is 2.19. The van der Waals surface area contributed by atoms with Gasteiger partial charge in [-0.05, 0) is 63.0 Å². The third-order valence-electron chi connectivity index (χ3n) is 4.04. The first-order valence-corrected chi connectivity index (χ1v) is 7.85. The lowest BCUT2D eigenvalue weighted by Crippen LogP contribution is -2.47. The summed E-state index contributed by atoms with van der Waals surface area (Å²) < 4.78 is 5.93. The molecule has 2 rings (SSSR count). The van der Waals surface area contributed by atoms with Crippen LogP contribution in [-0.4, -0.2) is 43.7 Å². The van der Waals surface area contributed by atoms with Crippen molar-refractivity contribution < 1.29 is 4.74 Å². The number of nitrogens with zero attached hydrogens (tertiary/aromatic N) is 1. The van der Waals surface area contributed by atoms with Crippen LogP contribution < -0.4 is 10.1 Å². The molecule has 1 aromatic carbocycles. The standard InChI is InChI=1S/C17H28N2O/c1-4-19(16-6-5-7-18-13-16)8-9-20-17-11-14(2)10-15(3)12-17/h10-12,16,18H,4-9,13H2,1-3H3. The molecule has 3 heteroatoms. The molecule has 0 amide bonds. The highest BCUT2D eigenvalue weighted by Crippen LogP contribution is 2.16. The molecule has 0 spiro atoms. The number of benzene rings is 1. The molecule has 0 aliphatic carbocycles. The van der Waals surface area contributed by atoms with E-state index in [9.17, 15) is 0 Å². The van der Waals surface area contributed by atoms with Crippen molar-refractivity contribution in [3.8, 4) is 5.75 Å². The minimum Gasteiger partial charge on any atom is -0.492 e. The summed E-state index contributed by atoms with van der Waals surface area (Å²) in [5, 5.41) is 3.49. The molecule has 1 atom stereocenters. The Bertz CT molecular complexity index is 393. The number of piperidine rings is 1. The van der Waals surface area contributed by atoms with Crippen molar-refractivity contribution in [1.29, 1.82) is 0 Å². The number of likely N-dealkylation sites (N-methyl/N-ethyl adjacent to an activating group) is 1. The highest BCUT2D eigenvalue weighted by atomic mass is 16.5. The van der Waals surface area contributed by atoms with Gasteiger partial charge in [0, 0.05) is 19.1 Å². The largest absolute Gasteiger partial charge is 0.492 e. The summed E-state index contributed by atoms with van der Waals surface area (Å²) in [5.41, 5.74) is 2.53. The SMILES string of the molecule is CCN(CCOc1cc(C)cc(C)c1)C1CCCNC1. The van der Waals surface area contributed by atoms with E-state index in [-0.39, 0.29) is 0 Å². The van der Waals surface area contributed by atoms with Crippen LogP contribution in [0.1, 0.15) is 30.9 Å². The first-order valence-electron chi connectivity index (χ1n) is 7.85. The molecule has 1 aromatic rings. The predicted molar refractivity (Wildman–Crippen MR) is 84.5 cm³/mol. The molecule has 1 fully saturated rings. The van der Waals surface area contributed by atoms with E-state index in [2.05, 4.69) is 49.2 Å². The van der Waals surface area contributed by atoms with Gasteiger partial charge in [-0.15, -0.1) is 0 Å². The Balaban J connectivity index is 1.81. The van der Waals surface area contributed by atoms with Crippen molar-refractivity contribution in [1.82, 2.24) is 10.2 Å². The predicted octanol–water partition coefficient (Wildman–Crippen LogP) is 2.76. The van der Waals surface area contributed by atoms with E-state index < -0.39 is 0 Å². The molecule has 1 aliphatic rings. The molecule has 20 heavy (non-hydrogen) atoms. The summed E-state index contributed by atoms with van der Waals surface area (Å²) in [5.74, 6) is 1.00. The first-order chi connectivity index (χ1) is 9.69. The van der Waals surface area contributed by atoms with Gasteiger partial charge in [0.05, 0.1) is 0 Å². The number of nitrogens with one attached hydrogen (secondary N) is 1. The fourth-order valence-corrected chi connectivity index (χ4v) is 3.04. The Kier molecular flexibility index (Phi) is 5.86. The average molecular weight is 276 g/mol. The van der Waals surface area contributed by atoms with Crippen molar-refractivity contribution in [2.45, 2.75) is 39.7 Å². The Morgan fingerprint density at radius 3 is 2.60 bits per heavy atom. The van der Waals surface area contributed by atoms with Crippen LogP contribution in [0, 0.1) is 13.8 Å². The Morgan fingerprint density at radius 2 is 2.00 bits per heavy atom. The number of rotatable bonds is 6. The quantitative estimate of drug-likeness (QED) is 0.864. The molecular weight excluding hydrogens is 248 g/mol. The molecule has 0 bridgehead atoms. The van der Waals surface area contributed by atoms with Crippen LogP contribution in [0.15, 0.2) is 18.2 Å². The summed E-state index contributed by atoms with van der Waals surface area (Å²) in [6.07, 6.45) is 2.60. The second kappa shape index (κ2) is 7.65. The lowest BCUT2D eigenvalue weighted by atomic mass is 10.1. The molecule has 1 unspecified atom stereocenters. The topological polar surface area (TPSA) is 24.5 Å². The summed E-state index contributed by atoms with van der Waals surface area (Å²) in [7, 11) is 0. The Morgan fingerprint density at radius 1 is 1.25 bits per heavy atom. The van der Waals surface area contributed by atoms with E-state index >= 15 is 0 Å². The maximum absolute atomic E-state index is 5.93. The van der Waals surface area contributed by atoms with Gasteiger partial charge in [0.1, 0.15) is 12.4 Å². The van der Waals surface area contributed by atoms with Gasteiger partial charge in [0.2, 0.25) is 0 Å². The average Bonchev–Trinajstić information content (AvgIpc) is 2.43. The van der Waals surface area contributed by atoms with Crippen LogP contribution in [-0.2, 0) is 0 Å². The first kappa shape index (κ1) is 15.3. The maximum Gasteiger partial charge on any atom is 0.119 e. The van der Waals surface area contributed by atoms with Crippen molar-refractivity contribution >= 4 is 0 Å². The zero-order valence-electron chi connectivity index (χ0n) is 13.1. The van der Waals surface area contributed by atoms with E-state index in [0.29, 0.717) is 6.04 Å². The fourth-order valence-electron chi connectivity index (χ4n) is 3.04. The van der Waals surface area contributed by atoms with E-state index in [4.69, 9.17) is 4.74 Å². The summed E-state index contributed by atoms with van der Waals surface area (Å²) in [6.45, 7) is 11.7. The normalized spacial score (nSPS) is 19.3. The number of hydrogen-bond acceptors (Lipinski definition) is 3. The third-order valence-corrected chi connectivity index (χ3v) is 4.04. The van der Waals surface area contributed by atoms with Crippen LogP contribution >= 0.6 is 0 Å². The van der Waals surface area contributed by atoms with Crippen LogP contribution in [0.5, 0.6) is 5.75 Å². The van der Waals surface area contributed by atoms with E-state index in [1.165, 1.54) is 30.5 Å². The lowest BCUT2D eigenvalue weighted by molar-refractivity contribution is 0.144. The molecule has 1 N–H and O–H groups in total. The number of aryl methyl sites for hydroxylation is 2. The Hall–Kier alpha value is -1.06. The third kappa shape index (κ3) is 4.50. The van der Waals surface area contributed by atoms with Crippen molar-refractivity contribution in [2.75, 3.05) is 32.8 Å². The highest BCUT2D eigenvalue weighted by molar-refractivity contribution is 5.32. The molecule has 1 heterocycles. The molecule has 1 aliphatic heterocycles. The minimum absolute atomic E-state index is 0.677. The molecule has 112 valence electrons. The molecule has 1 saturated heterocycles. The van der Waals surface area contributed by atoms with Crippen LogP contribution in [0.4, 0.5) is 0 Å². The zero-order chi connectivity index (χ0) is 14.4. The van der Waals surface area contributed by atoms with Gasteiger partial charge in [-0.2, -0.15) is 0 Å². The second-order valence-corrected chi connectivity index (χ2v) is 5.80. The molecule has 3 nitrogen and oxygen atoms in total. The van der Waals surface area contributed by atoms with Gasteiger partial charge in [0.15, 0.2) is 0 Å². The Labute approximate surface area is 123 Å². The van der Waals surface area contributed by atoms with Crippen LogP contribution in [0.25, 0.3) is 0 Å². The zero-order valence-corrected chi connectivity index (χ0v) is 13.1. The van der Waals surface area contributed by atoms with E-state index in [1.807, 2.05) is 0 Å². The lowest BCUT2D eigenvalue weighted by Gasteiger charge is -2.33. The monoisotopic (exact) mass is 276 g/mol. The summed E-state index contributed by atoms with van der Waals surface area (Å²) >= 11 is 0. The van der Waals surface area contributed by atoms with Gasteiger partial charge >= 0.3 is 0 Å². The van der Waals surface area contributed by atoms with Gasteiger partial charge in [0.25, 0.3) is 0 Å². The van der Waals surface area contributed by atoms with Crippen molar-refractivity contribution in [3.63, 3.8) is 0 Å². The van der Waals surface area contributed by atoms with Crippen LogP contribution in [0.3, 0.4) is 0 Å². The smallest absolute Gasteiger partial charge is 0.119 e. The van der Waals surface area contributed by atoms with Gasteiger partial charge in [-0.25, -0.2) is 0 Å². The summed E-state index contributed by atoms with van der Waals surface area (Å²) in [4.78, 5) is 2.54.